The van der Waals surface area contributed by atoms with Gasteiger partial charge in [-0.05, 0) is 43.0 Å². The number of ether oxygens (including phenoxy) is 3. The number of hydrogen-bond donors (Lipinski definition) is 0. The molecule has 0 amide bonds. The van der Waals surface area contributed by atoms with Gasteiger partial charge in [0.1, 0.15) is 18.0 Å². The molecule has 1 heterocycles. The van der Waals surface area contributed by atoms with Crippen LogP contribution in [0.15, 0.2) is 42.5 Å². The largest absolute Gasteiger partial charge is 0.496 e. The van der Waals surface area contributed by atoms with Crippen LogP contribution in [0.25, 0.3) is 11.1 Å². The Bertz CT molecular complexity index is 762. The molecule has 2 aromatic rings. The van der Waals surface area contributed by atoms with Crippen molar-refractivity contribution in [3.8, 4) is 16.9 Å². The third kappa shape index (κ3) is 3.02. The maximum absolute atomic E-state index is 12.0. The fourth-order valence-corrected chi connectivity index (χ4v) is 2.82. The average Bonchev–Trinajstić information content (AvgIpc) is 3.49. The maximum Gasteiger partial charge on any atom is 0.338 e. The van der Waals surface area contributed by atoms with Crippen molar-refractivity contribution in [2.75, 3.05) is 7.11 Å². The van der Waals surface area contributed by atoms with Crippen molar-refractivity contribution in [2.24, 2.45) is 0 Å². The smallest absolute Gasteiger partial charge is 0.338 e. The first-order valence-electron chi connectivity index (χ1n) is 8.26. The molecule has 24 heavy (non-hydrogen) atoms. The summed E-state index contributed by atoms with van der Waals surface area (Å²) in [6.07, 6.45) is 1.38. The molecule has 4 nitrogen and oxygen atoms in total. The predicted molar refractivity (Wildman–Crippen MR) is 89.9 cm³/mol. The molecule has 2 fully saturated rings. The van der Waals surface area contributed by atoms with Gasteiger partial charge in [-0.15, -0.1) is 0 Å². The van der Waals surface area contributed by atoms with E-state index in [0.717, 1.165) is 35.3 Å². The summed E-state index contributed by atoms with van der Waals surface area (Å²) < 4.78 is 16.4. The summed E-state index contributed by atoms with van der Waals surface area (Å²) >= 11 is 0. The summed E-state index contributed by atoms with van der Waals surface area (Å²) in [5.74, 6) is 0.565. The summed E-state index contributed by atoms with van der Waals surface area (Å²) in [7, 11) is 1.66. The SMILES string of the molecule is COc1ccc(C2OC2C(=O)OC2CC2)cc1-c1ccc(C)cc1. The lowest BCUT2D eigenvalue weighted by Gasteiger charge is -2.11. The van der Waals surface area contributed by atoms with Crippen molar-refractivity contribution in [3.05, 3.63) is 53.6 Å². The first-order chi connectivity index (χ1) is 11.7. The van der Waals surface area contributed by atoms with Crippen LogP contribution in [-0.2, 0) is 14.3 Å². The third-order valence-corrected chi connectivity index (χ3v) is 4.45. The van der Waals surface area contributed by atoms with E-state index in [-0.39, 0.29) is 18.2 Å². The van der Waals surface area contributed by atoms with Gasteiger partial charge in [-0.25, -0.2) is 4.79 Å². The number of carbonyl (C=O) groups excluding carboxylic acids is 1. The number of esters is 1. The van der Waals surface area contributed by atoms with Crippen LogP contribution >= 0.6 is 0 Å². The van der Waals surface area contributed by atoms with Crippen molar-refractivity contribution in [3.63, 3.8) is 0 Å². The molecular weight excluding hydrogens is 304 g/mol. The number of carbonyl (C=O) groups is 1. The van der Waals surface area contributed by atoms with Crippen LogP contribution in [0, 0.1) is 6.92 Å². The van der Waals surface area contributed by atoms with Gasteiger partial charge in [-0.2, -0.15) is 0 Å². The normalized spacial score (nSPS) is 22.1. The van der Waals surface area contributed by atoms with Gasteiger partial charge in [-0.3, -0.25) is 0 Å². The average molecular weight is 324 g/mol. The zero-order valence-corrected chi connectivity index (χ0v) is 13.8. The van der Waals surface area contributed by atoms with Crippen LogP contribution in [-0.4, -0.2) is 25.3 Å². The van der Waals surface area contributed by atoms with E-state index in [9.17, 15) is 4.79 Å². The maximum atomic E-state index is 12.0. The van der Waals surface area contributed by atoms with E-state index in [1.165, 1.54) is 5.56 Å². The fraction of sp³-hybridized carbons (Fsp3) is 0.350. The molecule has 4 rings (SSSR count). The lowest BCUT2D eigenvalue weighted by Crippen LogP contribution is -2.13. The van der Waals surface area contributed by atoms with E-state index in [2.05, 4.69) is 31.2 Å². The van der Waals surface area contributed by atoms with Crippen LogP contribution in [0.2, 0.25) is 0 Å². The van der Waals surface area contributed by atoms with Gasteiger partial charge in [0.15, 0.2) is 6.10 Å². The third-order valence-electron chi connectivity index (χ3n) is 4.45. The number of methoxy groups -OCH3 is 1. The minimum atomic E-state index is -0.468. The van der Waals surface area contributed by atoms with Crippen molar-refractivity contribution < 1.29 is 19.0 Å². The van der Waals surface area contributed by atoms with Gasteiger partial charge in [-0.1, -0.05) is 35.9 Å². The molecular formula is C20H20O4. The number of hydrogen-bond acceptors (Lipinski definition) is 4. The zero-order chi connectivity index (χ0) is 16.7. The lowest BCUT2D eigenvalue weighted by molar-refractivity contribution is -0.146. The van der Waals surface area contributed by atoms with Crippen molar-refractivity contribution in [2.45, 2.75) is 38.1 Å². The monoisotopic (exact) mass is 324 g/mol. The van der Waals surface area contributed by atoms with E-state index in [1.54, 1.807) is 7.11 Å². The number of aryl methyl sites for hydroxylation is 1. The van der Waals surface area contributed by atoms with E-state index < -0.39 is 6.10 Å². The minimum Gasteiger partial charge on any atom is -0.496 e. The zero-order valence-electron chi connectivity index (χ0n) is 13.8. The number of epoxide rings is 1. The highest BCUT2D eigenvalue weighted by Gasteiger charge is 2.49. The molecule has 4 heteroatoms. The van der Waals surface area contributed by atoms with Gasteiger partial charge < -0.3 is 14.2 Å². The Balaban J connectivity index is 1.58. The fourth-order valence-electron chi connectivity index (χ4n) is 2.82. The lowest BCUT2D eigenvalue weighted by atomic mass is 9.99. The molecule has 1 saturated carbocycles. The van der Waals surface area contributed by atoms with E-state index in [1.807, 2.05) is 18.2 Å². The van der Waals surface area contributed by atoms with Crippen molar-refractivity contribution >= 4 is 5.97 Å². The van der Waals surface area contributed by atoms with Crippen LogP contribution in [0.5, 0.6) is 5.75 Å². The standard InChI is InChI=1S/C20H20O4/c1-12-3-5-13(6-4-12)16-11-14(7-10-17(16)22-2)18-19(24-18)20(21)23-15-8-9-15/h3-7,10-11,15,18-19H,8-9H2,1-2H3. The molecule has 0 radical (unpaired) electrons. The number of rotatable bonds is 5. The van der Waals surface area contributed by atoms with E-state index in [0.29, 0.717) is 0 Å². The van der Waals surface area contributed by atoms with Crippen LogP contribution in [0.4, 0.5) is 0 Å². The molecule has 124 valence electrons. The highest BCUT2D eigenvalue weighted by atomic mass is 16.6. The predicted octanol–water partition coefficient (Wildman–Crippen LogP) is 3.82. The van der Waals surface area contributed by atoms with Crippen LogP contribution in [0.3, 0.4) is 0 Å². The molecule has 2 aromatic carbocycles. The first-order valence-corrected chi connectivity index (χ1v) is 8.26. The summed E-state index contributed by atoms with van der Waals surface area (Å²) in [6.45, 7) is 2.06. The quantitative estimate of drug-likeness (QED) is 0.620. The Labute approximate surface area is 141 Å². The minimum absolute atomic E-state index is 0.112. The Morgan fingerprint density at radius 1 is 1.12 bits per heavy atom. The highest BCUT2D eigenvalue weighted by molar-refractivity contribution is 5.79. The molecule has 1 aliphatic carbocycles. The molecule has 0 N–H and O–H groups in total. The van der Waals surface area contributed by atoms with Gasteiger partial charge in [0.25, 0.3) is 0 Å². The van der Waals surface area contributed by atoms with Crippen LogP contribution in [0.1, 0.15) is 30.1 Å². The second-order valence-electron chi connectivity index (χ2n) is 6.44. The number of benzene rings is 2. The molecule has 0 spiro atoms. The Morgan fingerprint density at radius 3 is 2.54 bits per heavy atom. The summed E-state index contributed by atoms with van der Waals surface area (Å²) in [6, 6.07) is 14.2. The van der Waals surface area contributed by atoms with Crippen molar-refractivity contribution in [1.82, 2.24) is 0 Å². The Hall–Kier alpha value is -2.33. The van der Waals surface area contributed by atoms with Gasteiger partial charge in [0.2, 0.25) is 0 Å². The van der Waals surface area contributed by atoms with Crippen molar-refractivity contribution in [1.29, 1.82) is 0 Å². The van der Waals surface area contributed by atoms with Crippen LogP contribution < -0.4 is 4.74 Å². The first kappa shape index (κ1) is 15.2. The van der Waals surface area contributed by atoms with Gasteiger partial charge in [0, 0.05) is 5.56 Å². The summed E-state index contributed by atoms with van der Waals surface area (Å²) in [5.41, 5.74) is 4.27. The Morgan fingerprint density at radius 2 is 1.88 bits per heavy atom. The summed E-state index contributed by atoms with van der Waals surface area (Å²) in [5, 5.41) is 0. The topological polar surface area (TPSA) is 48.1 Å². The molecule has 0 aromatic heterocycles. The molecule has 2 unspecified atom stereocenters. The Kier molecular flexibility index (Phi) is 3.77. The molecule has 0 bridgehead atoms. The molecule has 1 aliphatic heterocycles. The van der Waals surface area contributed by atoms with E-state index in [4.69, 9.17) is 14.2 Å². The molecule has 2 aliphatic rings. The second-order valence-corrected chi connectivity index (χ2v) is 6.44. The molecule has 1 saturated heterocycles. The summed E-state index contributed by atoms with van der Waals surface area (Å²) in [4.78, 5) is 12.0. The molecule has 2 atom stereocenters. The second kappa shape index (κ2) is 5.95. The van der Waals surface area contributed by atoms with E-state index >= 15 is 0 Å². The highest BCUT2D eigenvalue weighted by Crippen LogP contribution is 2.43. The van der Waals surface area contributed by atoms with Gasteiger partial charge >= 0.3 is 5.97 Å². The van der Waals surface area contributed by atoms with Gasteiger partial charge in [0.05, 0.1) is 7.11 Å².